The molecule has 1 aliphatic rings. The van der Waals surface area contributed by atoms with E-state index in [1.54, 1.807) is 0 Å². The third-order valence-corrected chi connectivity index (χ3v) is 3.68. The highest BCUT2D eigenvalue weighted by Crippen LogP contribution is 2.05. The van der Waals surface area contributed by atoms with Crippen molar-refractivity contribution in [3.05, 3.63) is 0 Å². The van der Waals surface area contributed by atoms with Gasteiger partial charge in [-0.3, -0.25) is 9.69 Å². The molecule has 1 aliphatic heterocycles. The number of carbonyl (C=O) groups excluding carboxylic acids is 1. The van der Waals surface area contributed by atoms with Crippen molar-refractivity contribution >= 4 is 5.91 Å². The first-order valence-corrected chi connectivity index (χ1v) is 7.37. The van der Waals surface area contributed by atoms with Gasteiger partial charge >= 0.3 is 0 Å². The van der Waals surface area contributed by atoms with Gasteiger partial charge in [-0.2, -0.15) is 0 Å². The average Bonchev–Trinajstić information content (AvgIpc) is 2.26. The summed E-state index contributed by atoms with van der Waals surface area (Å²) in [4.78, 5) is 16.5. The van der Waals surface area contributed by atoms with Crippen molar-refractivity contribution in [2.45, 2.75) is 45.6 Å². The molecule has 4 heteroatoms. The van der Waals surface area contributed by atoms with Crippen molar-refractivity contribution in [3.8, 4) is 0 Å². The molecular weight excluding hydrogens is 226 g/mol. The van der Waals surface area contributed by atoms with Gasteiger partial charge in [-0.15, -0.1) is 0 Å². The number of nitrogens with zero attached hydrogens (tertiary/aromatic N) is 2. The highest BCUT2D eigenvalue weighted by molar-refractivity contribution is 5.78. The zero-order valence-electron chi connectivity index (χ0n) is 12.2. The van der Waals surface area contributed by atoms with Crippen LogP contribution >= 0.6 is 0 Å². The fourth-order valence-corrected chi connectivity index (χ4v) is 2.09. The first-order valence-electron chi connectivity index (χ1n) is 7.37. The quantitative estimate of drug-likeness (QED) is 0.675. The largest absolute Gasteiger partial charge is 0.342 e. The monoisotopic (exact) mass is 255 g/mol. The van der Waals surface area contributed by atoms with E-state index in [1.165, 1.54) is 0 Å². The Morgan fingerprint density at radius 3 is 2.11 bits per heavy atom. The molecule has 0 aromatic carbocycles. The van der Waals surface area contributed by atoms with Crippen LogP contribution in [0.25, 0.3) is 0 Å². The normalized spacial score (nSPS) is 15.8. The zero-order valence-corrected chi connectivity index (χ0v) is 12.2. The summed E-state index contributed by atoms with van der Waals surface area (Å²) in [6.45, 7) is 8.81. The fourth-order valence-electron chi connectivity index (χ4n) is 2.09. The molecule has 4 nitrogen and oxygen atoms in total. The van der Waals surface area contributed by atoms with Crippen LogP contribution in [0.4, 0.5) is 0 Å². The first-order chi connectivity index (χ1) is 8.69. The van der Waals surface area contributed by atoms with E-state index in [-0.39, 0.29) is 0 Å². The lowest BCUT2D eigenvalue weighted by molar-refractivity contribution is -0.133. The molecule has 1 amide bonds. The first kappa shape index (κ1) is 15.4. The van der Waals surface area contributed by atoms with Gasteiger partial charge in [-0.05, 0) is 19.9 Å². The van der Waals surface area contributed by atoms with E-state index in [2.05, 4.69) is 36.0 Å². The minimum absolute atomic E-state index is 0.298. The SMILES string of the molecule is CCCCN(CCCC)C(=O)CN(C)C1CNC1. The summed E-state index contributed by atoms with van der Waals surface area (Å²) >= 11 is 0. The predicted molar refractivity (Wildman–Crippen MR) is 75.7 cm³/mol. The topological polar surface area (TPSA) is 35.6 Å². The van der Waals surface area contributed by atoms with Gasteiger partial charge in [0.15, 0.2) is 0 Å². The molecule has 0 saturated carbocycles. The summed E-state index contributed by atoms with van der Waals surface area (Å²) in [7, 11) is 2.06. The fraction of sp³-hybridized carbons (Fsp3) is 0.929. The molecule has 1 fully saturated rings. The summed E-state index contributed by atoms with van der Waals surface area (Å²) in [5, 5.41) is 3.25. The van der Waals surface area contributed by atoms with Crippen LogP contribution in [0, 0.1) is 0 Å². The number of hydrogen-bond donors (Lipinski definition) is 1. The smallest absolute Gasteiger partial charge is 0.236 e. The van der Waals surface area contributed by atoms with Gasteiger partial charge in [0.2, 0.25) is 5.91 Å². The Kier molecular flexibility index (Phi) is 7.28. The number of likely N-dealkylation sites (N-methyl/N-ethyl adjacent to an activating group) is 1. The second-order valence-electron chi connectivity index (χ2n) is 5.32. The molecule has 0 aliphatic carbocycles. The Morgan fingerprint density at radius 2 is 1.72 bits per heavy atom. The summed E-state index contributed by atoms with van der Waals surface area (Å²) in [6.07, 6.45) is 4.53. The van der Waals surface area contributed by atoms with Crippen LogP contribution in [-0.4, -0.2) is 61.5 Å². The Balaban J connectivity index is 2.35. The number of hydrogen-bond acceptors (Lipinski definition) is 3. The lowest BCUT2D eigenvalue weighted by Crippen LogP contribution is -2.57. The van der Waals surface area contributed by atoms with Gasteiger partial charge < -0.3 is 10.2 Å². The van der Waals surface area contributed by atoms with E-state index in [4.69, 9.17) is 0 Å². The van der Waals surface area contributed by atoms with Gasteiger partial charge in [-0.25, -0.2) is 0 Å². The van der Waals surface area contributed by atoms with Crippen LogP contribution in [0.5, 0.6) is 0 Å². The summed E-state index contributed by atoms with van der Waals surface area (Å²) in [6, 6.07) is 0.549. The maximum absolute atomic E-state index is 12.3. The Morgan fingerprint density at radius 1 is 1.17 bits per heavy atom. The summed E-state index contributed by atoms with van der Waals surface area (Å²) < 4.78 is 0. The van der Waals surface area contributed by atoms with Gasteiger partial charge in [-0.1, -0.05) is 26.7 Å². The highest BCUT2D eigenvalue weighted by atomic mass is 16.2. The molecule has 0 unspecified atom stereocenters. The number of unbranched alkanes of at least 4 members (excludes halogenated alkanes) is 2. The van der Waals surface area contributed by atoms with Crippen LogP contribution in [-0.2, 0) is 4.79 Å². The molecule has 1 heterocycles. The Hall–Kier alpha value is -0.610. The molecule has 0 aromatic heterocycles. The van der Waals surface area contributed by atoms with Crippen LogP contribution in [0.15, 0.2) is 0 Å². The molecule has 18 heavy (non-hydrogen) atoms. The zero-order chi connectivity index (χ0) is 13.4. The number of nitrogens with one attached hydrogen (secondary N) is 1. The predicted octanol–water partition coefficient (Wildman–Crippen LogP) is 1.32. The van der Waals surface area contributed by atoms with Crippen LogP contribution in [0.3, 0.4) is 0 Å². The highest BCUT2D eigenvalue weighted by Gasteiger charge is 2.24. The van der Waals surface area contributed by atoms with Crippen molar-refractivity contribution in [2.24, 2.45) is 0 Å². The van der Waals surface area contributed by atoms with Gasteiger partial charge in [0.05, 0.1) is 6.54 Å². The third-order valence-electron chi connectivity index (χ3n) is 3.68. The van der Waals surface area contributed by atoms with Crippen molar-refractivity contribution < 1.29 is 4.79 Å². The van der Waals surface area contributed by atoms with Crippen molar-refractivity contribution in [1.82, 2.24) is 15.1 Å². The van der Waals surface area contributed by atoms with E-state index in [0.717, 1.165) is 51.9 Å². The molecule has 0 bridgehead atoms. The second-order valence-corrected chi connectivity index (χ2v) is 5.32. The molecule has 1 N–H and O–H groups in total. The summed E-state index contributed by atoms with van der Waals surface area (Å²) in [5.41, 5.74) is 0. The van der Waals surface area contributed by atoms with Gasteiger partial charge in [0.25, 0.3) is 0 Å². The Labute approximate surface area is 112 Å². The van der Waals surface area contributed by atoms with E-state index in [0.29, 0.717) is 18.5 Å². The lowest BCUT2D eigenvalue weighted by Gasteiger charge is -2.36. The van der Waals surface area contributed by atoms with Crippen LogP contribution in [0.1, 0.15) is 39.5 Å². The third kappa shape index (κ3) is 4.94. The van der Waals surface area contributed by atoms with Crippen molar-refractivity contribution in [1.29, 1.82) is 0 Å². The van der Waals surface area contributed by atoms with Crippen LogP contribution in [0.2, 0.25) is 0 Å². The average molecular weight is 255 g/mol. The molecule has 0 radical (unpaired) electrons. The summed E-state index contributed by atoms with van der Waals surface area (Å²) in [5.74, 6) is 0.298. The maximum Gasteiger partial charge on any atom is 0.236 e. The lowest BCUT2D eigenvalue weighted by atomic mass is 10.1. The molecule has 0 atom stereocenters. The second kappa shape index (κ2) is 8.48. The standard InChI is InChI=1S/C14H29N3O/c1-4-6-8-17(9-7-5-2)14(18)12-16(3)13-10-15-11-13/h13,15H,4-12H2,1-3H3. The minimum atomic E-state index is 0.298. The minimum Gasteiger partial charge on any atom is -0.342 e. The number of carbonyl (C=O) groups is 1. The molecule has 0 aromatic rings. The van der Waals surface area contributed by atoms with Gasteiger partial charge in [0, 0.05) is 32.2 Å². The van der Waals surface area contributed by atoms with Crippen molar-refractivity contribution in [3.63, 3.8) is 0 Å². The molecule has 1 rings (SSSR count). The number of amides is 1. The molecule has 106 valence electrons. The molecular formula is C14H29N3O. The maximum atomic E-state index is 12.3. The molecule has 1 saturated heterocycles. The van der Waals surface area contributed by atoms with E-state index < -0.39 is 0 Å². The Bertz CT molecular complexity index is 233. The van der Waals surface area contributed by atoms with E-state index >= 15 is 0 Å². The van der Waals surface area contributed by atoms with Crippen molar-refractivity contribution in [2.75, 3.05) is 39.8 Å². The van der Waals surface area contributed by atoms with E-state index in [9.17, 15) is 4.79 Å². The van der Waals surface area contributed by atoms with Gasteiger partial charge in [0.1, 0.15) is 0 Å². The van der Waals surface area contributed by atoms with Crippen LogP contribution < -0.4 is 5.32 Å². The van der Waals surface area contributed by atoms with E-state index in [1.807, 2.05) is 0 Å². The molecule has 0 spiro atoms. The number of rotatable bonds is 9.